The third-order valence-corrected chi connectivity index (χ3v) is 5.14. The molecule has 0 aliphatic carbocycles. The first-order chi connectivity index (χ1) is 9.56. The number of thioether (sulfide) groups is 1. The SMILES string of the molecule is CC1(CNc2nc3ccc([N+](=O)[O-])cc3[nH]2)CCCS1. The van der Waals surface area contributed by atoms with Gasteiger partial charge in [-0.15, -0.1) is 0 Å². The van der Waals surface area contributed by atoms with Gasteiger partial charge in [0.2, 0.25) is 5.95 Å². The van der Waals surface area contributed by atoms with Crippen LogP contribution in [0.1, 0.15) is 19.8 Å². The molecule has 0 amide bonds. The van der Waals surface area contributed by atoms with Crippen molar-refractivity contribution in [1.29, 1.82) is 0 Å². The summed E-state index contributed by atoms with van der Waals surface area (Å²) in [7, 11) is 0. The topological polar surface area (TPSA) is 83.8 Å². The van der Waals surface area contributed by atoms with Gasteiger partial charge < -0.3 is 10.3 Å². The van der Waals surface area contributed by atoms with Crippen LogP contribution in [0.5, 0.6) is 0 Å². The molecule has 0 bridgehead atoms. The molecule has 20 heavy (non-hydrogen) atoms. The Labute approximate surface area is 120 Å². The fraction of sp³-hybridized carbons (Fsp3) is 0.462. The molecule has 7 heteroatoms. The number of nitrogens with one attached hydrogen (secondary N) is 2. The van der Waals surface area contributed by atoms with E-state index in [9.17, 15) is 10.1 Å². The summed E-state index contributed by atoms with van der Waals surface area (Å²) < 4.78 is 0.255. The average Bonchev–Trinajstić information content (AvgIpc) is 3.01. The minimum absolute atomic E-state index is 0.0750. The number of hydrogen-bond acceptors (Lipinski definition) is 5. The van der Waals surface area contributed by atoms with Crippen molar-refractivity contribution in [3.8, 4) is 0 Å². The highest BCUT2D eigenvalue weighted by Gasteiger charge is 2.29. The van der Waals surface area contributed by atoms with E-state index < -0.39 is 4.92 Å². The summed E-state index contributed by atoms with van der Waals surface area (Å²) >= 11 is 1.98. The molecule has 0 spiro atoms. The van der Waals surface area contributed by atoms with E-state index in [-0.39, 0.29) is 10.4 Å². The van der Waals surface area contributed by atoms with Crippen molar-refractivity contribution in [2.24, 2.45) is 0 Å². The Morgan fingerprint density at radius 1 is 1.60 bits per heavy atom. The van der Waals surface area contributed by atoms with E-state index in [2.05, 4.69) is 22.2 Å². The molecule has 0 saturated carbocycles. The second-order valence-electron chi connectivity index (χ2n) is 5.30. The van der Waals surface area contributed by atoms with E-state index in [0.717, 1.165) is 12.1 Å². The first-order valence-corrected chi connectivity index (χ1v) is 7.56. The molecule has 1 fully saturated rings. The second-order valence-corrected chi connectivity index (χ2v) is 6.98. The lowest BCUT2D eigenvalue weighted by molar-refractivity contribution is -0.384. The predicted molar refractivity (Wildman–Crippen MR) is 81.3 cm³/mol. The van der Waals surface area contributed by atoms with Gasteiger partial charge in [-0.05, 0) is 31.6 Å². The number of anilines is 1. The molecule has 1 unspecified atom stereocenters. The van der Waals surface area contributed by atoms with Crippen molar-refractivity contribution >= 4 is 34.4 Å². The quantitative estimate of drug-likeness (QED) is 0.668. The van der Waals surface area contributed by atoms with Gasteiger partial charge in [0.25, 0.3) is 5.69 Å². The molecule has 1 aliphatic heterocycles. The molecule has 3 rings (SSSR count). The first-order valence-electron chi connectivity index (χ1n) is 6.58. The third-order valence-electron chi connectivity index (χ3n) is 3.61. The Kier molecular flexibility index (Phi) is 3.29. The fourth-order valence-electron chi connectivity index (χ4n) is 2.44. The molecule has 1 aromatic carbocycles. The van der Waals surface area contributed by atoms with Crippen LogP contribution in [0.15, 0.2) is 18.2 Å². The molecule has 106 valence electrons. The Morgan fingerprint density at radius 3 is 3.15 bits per heavy atom. The van der Waals surface area contributed by atoms with Crippen LogP contribution < -0.4 is 5.32 Å². The first kappa shape index (κ1) is 13.2. The third kappa shape index (κ3) is 2.58. The van der Waals surface area contributed by atoms with Gasteiger partial charge in [-0.3, -0.25) is 10.1 Å². The fourth-order valence-corrected chi connectivity index (χ4v) is 3.69. The monoisotopic (exact) mass is 292 g/mol. The van der Waals surface area contributed by atoms with Gasteiger partial charge in [0.1, 0.15) is 0 Å². The summed E-state index contributed by atoms with van der Waals surface area (Å²) in [6.45, 7) is 3.10. The van der Waals surface area contributed by atoms with Gasteiger partial charge in [0.05, 0.1) is 16.0 Å². The number of aromatic amines is 1. The van der Waals surface area contributed by atoms with Crippen LogP contribution >= 0.6 is 11.8 Å². The Balaban J connectivity index is 1.77. The van der Waals surface area contributed by atoms with Crippen molar-refractivity contribution in [2.75, 3.05) is 17.6 Å². The van der Waals surface area contributed by atoms with Gasteiger partial charge in [0.15, 0.2) is 0 Å². The molecule has 1 atom stereocenters. The van der Waals surface area contributed by atoms with Crippen molar-refractivity contribution in [3.63, 3.8) is 0 Å². The van der Waals surface area contributed by atoms with E-state index in [1.165, 1.54) is 30.7 Å². The minimum Gasteiger partial charge on any atom is -0.354 e. The number of imidazole rings is 1. The van der Waals surface area contributed by atoms with Gasteiger partial charge >= 0.3 is 0 Å². The predicted octanol–water partition coefficient (Wildman–Crippen LogP) is 3.17. The number of hydrogen-bond donors (Lipinski definition) is 2. The maximum atomic E-state index is 10.7. The Morgan fingerprint density at radius 2 is 2.45 bits per heavy atom. The van der Waals surface area contributed by atoms with Gasteiger partial charge in [-0.1, -0.05) is 0 Å². The summed E-state index contributed by atoms with van der Waals surface area (Å²) in [6, 6.07) is 4.65. The van der Waals surface area contributed by atoms with Crippen LogP contribution in [-0.2, 0) is 0 Å². The zero-order chi connectivity index (χ0) is 14.2. The van der Waals surface area contributed by atoms with Crippen molar-refractivity contribution < 1.29 is 4.92 Å². The van der Waals surface area contributed by atoms with Gasteiger partial charge in [-0.25, -0.2) is 4.98 Å². The van der Waals surface area contributed by atoms with E-state index in [1.807, 2.05) is 11.8 Å². The van der Waals surface area contributed by atoms with Crippen LogP contribution in [0.25, 0.3) is 11.0 Å². The maximum Gasteiger partial charge on any atom is 0.271 e. The Bertz CT molecular complexity index is 649. The molecule has 1 saturated heterocycles. The van der Waals surface area contributed by atoms with E-state index in [0.29, 0.717) is 11.5 Å². The summed E-state index contributed by atoms with van der Waals surface area (Å²) in [6.07, 6.45) is 2.46. The zero-order valence-electron chi connectivity index (χ0n) is 11.2. The lowest BCUT2D eigenvalue weighted by Crippen LogP contribution is -2.27. The lowest BCUT2D eigenvalue weighted by atomic mass is 10.1. The van der Waals surface area contributed by atoms with Gasteiger partial charge in [-0.2, -0.15) is 11.8 Å². The molecule has 2 heterocycles. The van der Waals surface area contributed by atoms with Crippen LogP contribution in [0.3, 0.4) is 0 Å². The molecular formula is C13H16N4O2S. The maximum absolute atomic E-state index is 10.7. The zero-order valence-corrected chi connectivity index (χ0v) is 12.0. The molecule has 6 nitrogen and oxygen atoms in total. The molecule has 2 aromatic rings. The molecule has 2 N–H and O–H groups in total. The summed E-state index contributed by atoms with van der Waals surface area (Å²) in [5, 5.41) is 14.1. The number of nitro benzene ring substituents is 1. The van der Waals surface area contributed by atoms with Crippen molar-refractivity contribution in [1.82, 2.24) is 9.97 Å². The number of rotatable bonds is 4. The average molecular weight is 292 g/mol. The Hall–Kier alpha value is -1.76. The highest BCUT2D eigenvalue weighted by Crippen LogP contribution is 2.37. The van der Waals surface area contributed by atoms with Crippen LogP contribution in [0, 0.1) is 10.1 Å². The highest BCUT2D eigenvalue weighted by molar-refractivity contribution is 8.00. The normalized spacial score (nSPS) is 22.2. The second kappa shape index (κ2) is 4.97. The number of benzene rings is 1. The standard InChI is InChI=1S/C13H16N4O2S/c1-13(5-2-6-20-13)8-14-12-15-10-4-3-9(17(18)19)7-11(10)16-12/h3-4,7H,2,5-6,8H2,1H3,(H2,14,15,16). The number of non-ortho nitro benzene ring substituents is 1. The molecule has 1 aromatic heterocycles. The summed E-state index contributed by atoms with van der Waals surface area (Å²) in [5.41, 5.74) is 1.50. The lowest BCUT2D eigenvalue weighted by Gasteiger charge is -2.22. The number of aromatic nitrogens is 2. The van der Waals surface area contributed by atoms with Crippen LogP contribution in [0.4, 0.5) is 11.6 Å². The number of nitrogens with zero attached hydrogens (tertiary/aromatic N) is 2. The van der Waals surface area contributed by atoms with Crippen LogP contribution in [-0.4, -0.2) is 31.9 Å². The van der Waals surface area contributed by atoms with Crippen LogP contribution in [0.2, 0.25) is 0 Å². The molecule has 1 aliphatic rings. The largest absolute Gasteiger partial charge is 0.354 e. The smallest absolute Gasteiger partial charge is 0.271 e. The van der Waals surface area contributed by atoms with E-state index >= 15 is 0 Å². The van der Waals surface area contributed by atoms with E-state index in [4.69, 9.17) is 0 Å². The van der Waals surface area contributed by atoms with Crippen molar-refractivity contribution in [2.45, 2.75) is 24.5 Å². The summed E-state index contributed by atoms with van der Waals surface area (Å²) in [5.74, 6) is 1.89. The summed E-state index contributed by atoms with van der Waals surface area (Å²) in [4.78, 5) is 17.8. The van der Waals surface area contributed by atoms with Gasteiger partial charge in [0, 0.05) is 23.4 Å². The number of fused-ring (bicyclic) bond motifs is 1. The number of nitro groups is 1. The van der Waals surface area contributed by atoms with Crippen molar-refractivity contribution in [3.05, 3.63) is 28.3 Å². The highest BCUT2D eigenvalue weighted by atomic mass is 32.2. The molecule has 0 radical (unpaired) electrons. The molecular weight excluding hydrogens is 276 g/mol. The minimum atomic E-state index is -0.399. The van der Waals surface area contributed by atoms with E-state index in [1.54, 1.807) is 6.07 Å². The number of H-pyrrole nitrogens is 1.